The molecule has 5 nitrogen and oxygen atoms in total. The average molecular weight is 383 g/mol. The number of amides is 1. The molecule has 1 rings (SSSR count). The molecule has 1 atom stereocenters. The van der Waals surface area contributed by atoms with E-state index in [4.69, 9.17) is 39.5 Å². The van der Waals surface area contributed by atoms with Crippen LogP contribution in [0.5, 0.6) is 5.75 Å². The zero-order valence-corrected chi connectivity index (χ0v) is 15.3. The molecular weight excluding hydrogens is 365 g/mol. The van der Waals surface area contributed by atoms with Crippen molar-refractivity contribution in [1.29, 1.82) is 0 Å². The number of esters is 1. The van der Waals surface area contributed by atoms with Gasteiger partial charge in [-0.3, -0.25) is 4.79 Å². The Hall–Kier alpha value is -1.17. The van der Waals surface area contributed by atoms with Gasteiger partial charge < -0.3 is 14.8 Å². The molecule has 23 heavy (non-hydrogen) atoms. The fourth-order valence-electron chi connectivity index (χ4n) is 1.82. The first-order valence-electron chi connectivity index (χ1n) is 6.89. The highest BCUT2D eigenvalue weighted by Gasteiger charge is 2.22. The Morgan fingerprint density at radius 1 is 1.13 bits per heavy atom. The molecule has 128 valence electrons. The second-order valence-corrected chi connectivity index (χ2v) is 6.48. The first-order chi connectivity index (χ1) is 10.7. The SMILES string of the molecule is COC(=O)C(CC(C)C)NC(=O)COc1cc(Cl)c(Cl)cc1Cl. The van der Waals surface area contributed by atoms with Crippen LogP contribution in [-0.2, 0) is 14.3 Å². The van der Waals surface area contributed by atoms with Crippen LogP contribution in [0.25, 0.3) is 0 Å². The minimum Gasteiger partial charge on any atom is -0.482 e. The number of methoxy groups -OCH3 is 1. The molecule has 1 N–H and O–H groups in total. The Morgan fingerprint density at radius 2 is 1.74 bits per heavy atom. The molecule has 0 aliphatic heterocycles. The van der Waals surface area contributed by atoms with Gasteiger partial charge in [0, 0.05) is 6.07 Å². The molecule has 0 heterocycles. The van der Waals surface area contributed by atoms with Crippen molar-refractivity contribution in [3.63, 3.8) is 0 Å². The number of ether oxygens (including phenoxy) is 2. The predicted molar refractivity (Wildman–Crippen MR) is 90.4 cm³/mol. The maximum Gasteiger partial charge on any atom is 0.328 e. The molecule has 0 aliphatic rings. The summed E-state index contributed by atoms with van der Waals surface area (Å²) in [4.78, 5) is 23.6. The van der Waals surface area contributed by atoms with Crippen LogP contribution in [0.4, 0.5) is 0 Å². The van der Waals surface area contributed by atoms with E-state index in [0.717, 1.165) is 0 Å². The second-order valence-electron chi connectivity index (χ2n) is 5.26. The molecule has 1 aromatic rings. The predicted octanol–water partition coefficient (Wildman–Crippen LogP) is 3.73. The summed E-state index contributed by atoms with van der Waals surface area (Å²) in [5.74, 6) is -0.526. The van der Waals surface area contributed by atoms with Crippen LogP contribution in [-0.4, -0.2) is 31.6 Å². The standard InChI is InChI=1S/C15H18Cl3NO4/c1-8(2)4-12(15(21)22-3)19-14(20)7-23-13-6-10(17)9(16)5-11(13)18/h5-6,8,12H,4,7H2,1-3H3,(H,19,20). The van der Waals surface area contributed by atoms with Gasteiger partial charge in [0.2, 0.25) is 0 Å². The molecule has 1 unspecified atom stereocenters. The third-order valence-electron chi connectivity index (χ3n) is 2.86. The summed E-state index contributed by atoms with van der Waals surface area (Å²) in [7, 11) is 1.27. The van der Waals surface area contributed by atoms with Crippen LogP contribution in [0.3, 0.4) is 0 Å². The van der Waals surface area contributed by atoms with Gasteiger partial charge in [-0.2, -0.15) is 0 Å². The van der Waals surface area contributed by atoms with Crippen LogP contribution >= 0.6 is 34.8 Å². The summed E-state index contributed by atoms with van der Waals surface area (Å²) >= 11 is 17.6. The average Bonchev–Trinajstić information content (AvgIpc) is 2.47. The summed E-state index contributed by atoms with van der Waals surface area (Å²) in [5.41, 5.74) is 0. The molecule has 0 bridgehead atoms. The van der Waals surface area contributed by atoms with Crippen molar-refractivity contribution in [2.24, 2.45) is 5.92 Å². The first-order valence-corrected chi connectivity index (χ1v) is 8.02. The number of halogens is 3. The van der Waals surface area contributed by atoms with Gasteiger partial charge in [-0.05, 0) is 18.4 Å². The fraction of sp³-hybridized carbons (Fsp3) is 0.467. The summed E-state index contributed by atoms with van der Waals surface area (Å²) in [5, 5.41) is 3.36. The van der Waals surface area contributed by atoms with Gasteiger partial charge in [0.25, 0.3) is 5.91 Å². The van der Waals surface area contributed by atoms with E-state index in [1.54, 1.807) is 0 Å². The molecular formula is C15H18Cl3NO4. The topological polar surface area (TPSA) is 64.6 Å². The van der Waals surface area contributed by atoms with Crippen molar-refractivity contribution in [3.8, 4) is 5.75 Å². The third-order valence-corrected chi connectivity index (χ3v) is 3.88. The summed E-state index contributed by atoms with van der Waals surface area (Å²) in [6, 6.07) is 2.13. The molecule has 1 aromatic carbocycles. The van der Waals surface area contributed by atoms with Crippen LogP contribution < -0.4 is 10.1 Å². The Morgan fingerprint density at radius 3 is 2.30 bits per heavy atom. The van der Waals surface area contributed by atoms with Gasteiger partial charge in [0.15, 0.2) is 6.61 Å². The lowest BCUT2D eigenvalue weighted by molar-refractivity contribution is -0.145. The lowest BCUT2D eigenvalue weighted by Crippen LogP contribution is -2.44. The van der Waals surface area contributed by atoms with E-state index in [0.29, 0.717) is 6.42 Å². The highest BCUT2D eigenvalue weighted by molar-refractivity contribution is 6.43. The minimum atomic E-state index is -0.722. The van der Waals surface area contributed by atoms with E-state index in [1.165, 1.54) is 19.2 Å². The Balaban J connectivity index is 2.65. The monoisotopic (exact) mass is 381 g/mol. The second kappa shape index (κ2) is 9.21. The van der Waals surface area contributed by atoms with Crippen LogP contribution in [0.2, 0.25) is 15.1 Å². The third kappa shape index (κ3) is 6.45. The summed E-state index contributed by atoms with van der Waals surface area (Å²) in [6.45, 7) is 3.56. The molecule has 0 spiro atoms. The van der Waals surface area contributed by atoms with Gasteiger partial charge in [0.05, 0.1) is 22.2 Å². The van der Waals surface area contributed by atoms with E-state index < -0.39 is 17.9 Å². The largest absolute Gasteiger partial charge is 0.482 e. The maximum absolute atomic E-state index is 11.9. The van der Waals surface area contributed by atoms with Crippen LogP contribution in [0.15, 0.2) is 12.1 Å². The molecule has 0 aliphatic carbocycles. The van der Waals surface area contributed by atoms with Gasteiger partial charge in [-0.15, -0.1) is 0 Å². The maximum atomic E-state index is 11.9. The molecule has 0 aromatic heterocycles. The van der Waals surface area contributed by atoms with Crippen molar-refractivity contribution in [2.75, 3.05) is 13.7 Å². The van der Waals surface area contributed by atoms with E-state index >= 15 is 0 Å². The Labute approximate surface area is 150 Å². The lowest BCUT2D eigenvalue weighted by Gasteiger charge is -2.18. The Bertz CT molecular complexity index is 578. The van der Waals surface area contributed by atoms with Crippen molar-refractivity contribution in [3.05, 3.63) is 27.2 Å². The van der Waals surface area contributed by atoms with Crippen LogP contribution in [0.1, 0.15) is 20.3 Å². The molecule has 0 saturated heterocycles. The zero-order chi connectivity index (χ0) is 17.6. The normalized spacial score (nSPS) is 12.0. The van der Waals surface area contributed by atoms with Gasteiger partial charge in [0.1, 0.15) is 11.8 Å². The molecule has 0 fully saturated rings. The van der Waals surface area contributed by atoms with Crippen molar-refractivity contribution in [2.45, 2.75) is 26.3 Å². The Kier molecular flexibility index (Phi) is 7.95. The zero-order valence-electron chi connectivity index (χ0n) is 13.0. The number of rotatable bonds is 7. The molecule has 1 amide bonds. The van der Waals surface area contributed by atoms with Crippen molar-refractivity contribution < 1.29 is 19.1 Å². The lowest BCUT2D eigenvalue weighted by atomic mass is 10.0. The van der Waals surface area contributed by atoms with Crippen molar-refractivity contribution >= 4 is 46.7 Å². The first kappa shape index (κ1) is 19.9. The summed E-state index contributed by atoms with van der Waals surface area (Å²) in [6.07, 6.45) is 0.464. The van der Waals surface area contributed by atoms with Crippen LogP contribution in [0, 0.1) is 5.92 Å². The van der Waals surface area contributed by atoms with E-state index in [1.807, 2.05) is 13.8 Å². The van der Waals surface area contributed by atoms with Gasteiger partial charge in [-0.25, -0.2) is 4.79 Å². The van der Waals surface area contributed by atoms with E-state index in [9.17, 15) is 9.59 Å². The fourth-order valence-corrected chi connectivity index (χ4v) is 2.41. The molecule has 0 saturated carbocycles. The highest BCUT2D eigenvalue weighted by atomic mass is 35.5. The van der Waals surface area contributed by atoms with Crippen molar-refractivity contribution in [1.82, 2.24) is 5.32 Å². The summed E-state index contributed by atoms with van der Waals surface area (Å²) < 4.78 is 9.99. The number of hydrogen-bond acceptors (Lipinski definition) is 4. The van der Waals surface area contributed by atoms with E-state index in [2.05, 4.69) is 10.1 Å². The number of nitrogens with one attached hydrogen (secondary N) is 1. The molecule has 0 radical (unpaired) electrons. The minimum absolute atomic E-state index is 0.213. The number of carbonyl (C=O) groups excluding carboxylic acids is 2. The number of hydrogen-bond donors (Lipinski definition) is 1. The quantitative estimate of drug-likeness (QED) is 0.576. The number of carbonyl (C=O) groups is 2. The highest BCUT2D eigenvalue weighted by Crippen LogP contribution is 2.33. The smallest absolute Gasteiger partial charge is 0.328 e. The van der Waals surface area contributed by atoms with Gasteiger partial charge in [-0.1, -0.05) is 48.7 Å². The number of benzene rings is 1. The van der Waals surface area contributed by atoms with E-state index in [-0.39, 0.29) is 33.3 Å². The van der Waals surface area contributed by atoms with Gasteiger partial charge >= 0.3 is 5.97 Å². The molecule has 8 heteroatoms.